The normalized spacial score (nSPS) is 11.6. The van der Waals surface area contributed by atoms with Gasteiger partial charge in [0.25, 0.3) is 0 Å². The maximum Gasteiger partial charge on any atom is 0.333 e. The van der Waals surface area contributed by atoms with E-state index in [0.29, 0.717) is 6.61 Å². The van der Waals surface area contributed by atoms with Crippen molar-refractivity contribution in [1.29, 1.82) is 0 Å². The fourth-order valence-corrected chi connectivity index (χ4v) is 1.35. The standard InChI is InChI=1S/C12H15NO3/c1-3-16-12(15)11(13-9(2)14)10-7-5-4-6-8-10/h4-8,11H,3H2,1-2H3,(H,13,14)/t11-/m0/s1. The summed E-state index contributed by atoms with van der Waals surface area (Å²) in [6.07, 6.45) is 0. The van der Waals surface area contributed by atoms with Gasteiger partial charge in [0, 0.05) is 6.92 Å². The van der Waals surface area contributed by atoms with Gasteiger partial charge >= 0.3 is 5.97 Å². The van der Waals surface area contributed by atoms with E-state index < -0.39 is 12.0 Å². The number of esters is 1. The van der Waals surface area contributed by atoms with Crippen molar-refractivity contribution in [3.63, 3.8) is 0 Å². The number of amides is 1. The van der Waals surface area contributed by atoms with Crippen LogP contribution in [0.25, 0.3) is 0 Å². The zero-order valence-electron chi connectivity index (χ0n) is 9.40. The van der Waals surface area contributed by atoms with E-state index in [2.05, 4.69) is 5.32 Å². The molecule has 0 heterocycles. The average Bonchev–Trinajstić information content (AvgIpc) is 2.27. The molecule has 1 amide bonds. The number of nitrogens with one attached hydrogen (secondary N) is 1. The Morgan fingerprint density at radius 1 is 1.31 bits per heavy atom. The molecule has 0 saturated carbocycles. The Labute approximate surface area is 94.6 Å². The monoisotopic (exact) mass is 221 g/mol. The highest BCUT2D eigenvalue weighted by Gasteiger charge is 2.22. The first-order chi connectivity index (χ1) is 7.65. The molecule has 1 aromatic carbocycles. The van der Waals surface area contributed by atoms with E-state index in [4.69, 9.17) is 4.74 Å². The summed E-state index contributed by atoms with van der Waals surface area (Å²) >= 11 is 0. The SMILES string of the molecule is CCOC(=O)[C@@H](NC(C)=O)c1ccccc1. The van der Waals surface area contributed by atoms with Crippen molar-refractivity contribution in [1.82, 2.24) is 5.32 Å². The minimum absolute atomic E-state index is 0.262. The Morgan fingerprint density at radius 2 is 1.94 bits per heavy atom. The quantitative estimate of drug-likeness (QED) is 0.782. The molecule has 0 saturated heterocycles. The van der Waals surface area contributed by atoms with Crippen LogP contribution >= 0.6 is 0 Å². The Morgan fingerprint density at radius 3 is 2.44 bits per heavy atom. The van der Waals surface area contributed by atoms with Crippen LogP contribution in [-0.4, -0.2) is 18.5 Å². The summed E-state index contributed by atoms with van der Waals surface area (Å²) in [5.74, 6) is -0.703. The summed E-state index contributed by atoms with van der Waals surface area (Å²) in [5.41, 5.74) is 0.719. The molecule has 16 heavy (non-hydrogen) atoms. The summed E-state index contributed by atoms with van der Waals surface area (Å²) < 4.78 is 4.91. The third-order valence-corrected chi connectivity index (χ3v) is 2.00. The molecule has 0 aliphatic carbocycles. The number of ether oxygens (including phenoxy) is 1. The van der Waals surface area contributed by atoms with Gasteiger partial charge in [-0.3, -0.25) is 4.79 Å². The van der Waals surface area contributed by atoms with E-state index in [1.807, 2.05) is 18.2 Å². The van der Waals surface area contributed by atoms with E-state index >= 15 is 0 Å². The Bertz CT molecular complexity index is 362. The zero-order valence-corrected chi connectivity index (χ0v) is 9.40. The molecule has 86 valence electrons. The van der Waals surface area contributed by atoms with Crippen LogP contribution in [0.1, 0.15) is 25.5 Å². The minimum Gasteiger partial charge on any atom is -0.464 e. The molecule has 0 spiro atoms. The van der Waals surface area contributed by atoms with Gasteiger partial charge in [-0.25, -0.2) is 4.79 Å². The van der Waals surface area contributed by atoms with E-state index in [1.165, 1.54) is 6.92 Å². The van der Waals surface area contributed by atoms with E-state index in [9.17, 15) is 9.59 Å². The summed E-state index contributed by atoms with van der Waals surface area (Å²) in [5, 5.41) is 2.57. The molecule has 0 aliphatic heterocycles. The van der Waals surface area contributed by atoms with E-state index in [1.54, 1.807) is 19.1 Å². The average molecular weight is 221 g/mol. The van der Waals surface area contributed by atoms with Crippen molar-refractivity contribution in [2.45, 2.75) is 19.9 Å². The van der Waals surface area contributed by atoms with Gasteiger partial charge in [0.05, 0.1) is 6.61 Å². The van der Waals surface area contributed by atoms with Crippen LogP contribution in [0.3, 0.4) is 0 Å². The predicted molar refractivity (Wildman–Crippen MR) is 59.6 cm³/mol. The van der Waals surface area contributed by atoms with Gasteiger partial charge in [-0.15, -0.1) is 0 Å². The largest absolute Gasteiger partial charge is 0.464 e. The van der Waals surface area contributed by atoms with Crippen LogP contribution in [0.4, 0.5) is 0 Å². The van der Waals surface area contributed by atoms with Crippen molar-refractivity contribution < 1.29 is 14.3 Å². The highest BCUT2D eigenvalue weighted by molar-refractivity contribution is 5.84. The molecular formula is C12H15NO3. The number of hydrogen-bond donors (Lipinski definition) is 1. The molecule has 1 atom stereocenters. The first-order valence-electron chi connectivity index (χ1n) is 5.13. The summed E-state index contributed by atoms with van der Waals surface area (Å²) in [4.78, 5) is 22.7. The lowest BCUT2D eigenvalue weighted by Crippen LogP contribution is -2.33. The smallest absolute Gasteiger partial charge is 0.333 e. The summed E-state index contributed by atoms with van der Waals surface area (Å²) in [6.45, 7) is 3.39. The first-order valence-corrected chi connectivity index (χ1v) is 5.13. The molecule has 1 aromatic rings. The lowest BCUT2D eigenvalue weighted by atomic mass is 10.1. The van der Waals surface area contributed by atoms with Gasteiger partial charge in [0.15, 0.2) is 6.04 Å². The van der Waals surface area contributed by atoms with Gasteiger partial charge in [0.2, 0.25) is 5.91 Å². The second kappa shape index (κ2) is 5.90. The van der Waals surface area contributed by atoms with Crippen molar-refractivity contribution >= 4 is 11.9 Å². The van der Waals surface area contributed by atoms with Crippen molar-refractivity contribution in [3.05, 3.63) is 35.9 Å². The van der Waals surface area contributed by atoms with E-state index in [0.717, 1.165) is 5.56 Å². The first kappa shape index (κ1) is 12.2. The van der Waals surface area contributed by atoms with Gasteiger partial charge < -0.3 is 10.1 Å². The molecule has 0 radical (unpaired) electrons. The zero-order chi connectivity index (χ0) is 12.0. The number of rotatable bonds is 4. The third kappa shape index (κ3) is 3.38. The molecule has 1 rings (SSSR count). The maximum absolute atomic E-state index is 11.6. The number of benzene rings is 1. The molecule has 4 heteroatoms. The van der Waals surface area contributed by atoms with Crippen LogP contribution in [-0.2, 0) is 14.3 Å². The second-order valence-corrected chi connectivity index (χ2v) is 3.30. The van der Waals surface area contributed by atoms with Gasteiger partial charge in [0.1, 0.15) is 0 Å². The second-order valence-electron chi connectivity index (χ2n) is 3.30. The van der Waals surface area contributed by atoms with Gasteiger partial charge in [-0.05, 0) is 12.5 Å². The van der Waals surface area contributed by atoms with Crippen LogP contribution in [0, 0.1) is 0 Å². The number of carbonyl (C=O) groups is 2. The minimum atomic E-state index is -0.723. The van der Waals surface area contributed by atoms with Crippen LogP contribution < -0.4 is 5.32 Å². The number of carbonyl (C=O) groups excluding carboxylic acids is 2. The highest BCUT2D eigenvalue weighted by Crippen LogP contribution is 2.14. The molecule has 0 unspecified atom stereocenters. The van der Waals surface area contributed by atoms with Crippen LogP contribution in [0.5, 0.6) is 0 Å². The Hall–Kier alpha value is -1.84. The van der Waals surface area contributed by atoms with Crippen molar-refractivity contribution in [2.24, 2.45) is 0 Å². The van der Waals surface area contributed by atoms with Crippen molar-refractivity contribution in [3.8, 4) is 0 Å². The molecular weight excluding hydrogens is 206 g/mol. The van der Waals surface area contributed by atoms with Crippen molar-refractivity contribution in [2.75, 3.05) is 6.61 Å². The topological polar surface area (TPSA) is 55.4 Å². The molecule has 1 N–H and O–H groups in total. The molecule has 0 bridgehead atoms. The van der Waals surface area contributed by atoms with Crippen LogP contribution in [0.15, 0.2) is 30.3 Å². The fraction of sp³-hybridized carbons (Fsp3) is 0.333. The summed E-state index contributed by atoms with van der Waals surface area (Å²) in [7, 11) is 0. The molecule has 4 nitrogen and oxygen atoms in total. The molecule has 0 fully saturated rings. The predicted octanol–water partition coefficient (Wildman–Crippen LogP) is 1.43. The molecule has 0 aromatic heterocycles. The van der Waals surface area contributed by atoms with Crippen LogP contribution in [0.2, 0.25) is 0 Å². The lowest BCUT2D eigenvalue weighted by Gasteiger charge is -2.16. The van der Waals surface area contributed by atoms with Gasteiger partial charge in [-0.1, -0.05) is 30.3 Å². The Kier molecular flexibility index (Phi) is 4.51. The fourth-order valence-electron chi connectivity index (χ4n) is 1.35. The summed E-state index contributed by atoms with van der Waals surface area (Å²) in [6, 6.07) is 8.29. The lowest BCUT2D eigenvalue weighted by molar-refractivity contribution is -0.147. The Balaban J connectivity index is 2.87. The van der Waals surface area contributed by atoms with E-state index in [-0.39, 0.29) is 5.91 Å². The highest BCUT2D eigenvalue weighted by atomic mass is 16.5. The number of hydrogen-bond acceptors (Lipinski definition) is 3. The maximum atomic E-state index is 11.6. The van der Waals surface area contributed by atoms with Gasteiger partial charge in [-0.2, -0.15) is 0 Å². The molecule has 0 aliphatic rings. The third-order valence-electron chi connectivity index (χ3n) is 2.00.